The number of benzene rings is 1. The maximum Gasteiger partial charge on any atom is 0.230 e. The van der Waals surface area contributed by atoms with Gasteiger partial charge in [0, 0.05) is 31.7 Å². The van der Waals surface area contributed by atoms with Gasteiger partial charge in [0.05, 0.1) is 13.0 Å². The van der Waals surface area contributed by atoms with E-state index >= 15 is 0 Å². The fourth-order valence-corrected chi connectivity index (χ4v) is 3.04. The molecule has 4 heteroatoms. The van der Waals surface area contributed by atoms with Gasteiger partial charge in [-0.25, -0.2) is 0 Å². The monoisotopic (exact) mass is 302 g/mol. The summed E-state index contributed by atoms with van der Waals surface area (Å²) in [6, 6.07) is 8.00. The van der Waals surface area contributed by atoms with Gasteiger partial charge in [-0.2, -0.15) is 0 Å². The van der Waals surface area contributed by atoms with Crippen molar-refractivity contribution < 1.29 is 9.53 Å². The van der Waals surface area contributed by atoms with E-state index in [1.165, 1.54) is 0 Å². The Morgan fingerprint density at radius 1 is 1.32 bits per heavy atom. The number of nitrogens with zero attached hydrogens (tertiary/aromatic N) is 2. The molecule has 0 radical (unpaired) electrons. The van der Waals surface area contributed by atoms with Crippen LogP contribution in [0.2, 0.25) is 0 Å². The lowest BCUT2D eigenvalue weighted by molar-refractivity contribution is -0.134. The second kappa shape index (κ2) is 7.45. The molecule has 2 rings (SSSR count). The molecule has 1 amide bonds. The van der Waals surface area contributed by atoms with Crippen LogP contribution >= 0.6 is 0 Å². The molecule has 120 valence electrons. The fraction of sp³-hybridized carbons (Fsp3) is 0.500. The first kappa shape index (κ1) is 16.6. The van der Waals surface area contributed by atoms with E-state index in [9.17, 15) is 4.79 Å². The molecule has 1 unspecified atom stereocenters. The van der Waals surface area contributed by atoms with Gasteiger partial charge in [-0.3, -0.25) is 4.79 Å². The third-order valence-corrected chi connectivity index (χ3v) is 4.20. The highest BCUT2D eigenvalue weighted by molar-refractivity contribution is 5.85. The van der Waals surface area contributed by atoms with Crippen molar-refractivity contribution in [3.05, 3.63) is 35.9 Å². The van der Waals surface area contributed by atoms with Gasteiger partial charge in [0.25, 0.3) is 0 Å². The molecule has 1 atom stereocenters. The lowest BCUT2D eigenvalue weighted by atomic mass is 9.93. The molecular weight excluding hydrogens is 276 g/mol. The van der Waals surface area contributed by atoms with Gasteiger partial charge in [0.2, 0.25) is 5.91 Å². The van der Waals surface area contributed by atoms with Gasteiger partial charge in [-0.05, 0) is 32.5 Å². The normalized spacial score (nSPS) is 18.7. The third-order valence-electron chi connectivity index (χ3n) is 4.20. The van der Waals surface area contributed by atoms with Crippen molar-refractivity contribution in [2.24, 2.45) is 5.92 Å². The minimum Gasteiger partial charge on any atom is -0.496 e. The Morgan fingerprint density at radius 2 is 2.00 bits per heavy atom. The van der Waals surface area contributed by atoms with Crippen LogP contribution in [0, 0.1) is 5.92 Å². The van der Waals surface area contributed by atoms with Crippen molar-refractivity contribution in [3.8, 4) is 5.75 Å². The van der Waals surface area contributed by atoms with E-state index in [1.807, 2.05) is 36.9 Å². The summed E-state index contributed by atoms with van der Waals surface area (Å²) in [4.78, 5) is 16.8. The maximum atomic E-state index is 12.7. The molecule has 0 N–H and O–H groups in total. The summed E-state index contributed by atoms with van der Waals surface area (Å²) in [6.45, 7) is 7.18. The Kier molecular flexibility index (Phi) is 5.61. The first-order valence-electron chi connectivity index (χ1n) is 7.92. The highest BCUT2D eigenvalue weighted by Gasteiger charge is 2.27. The summed E-state index contributed by atoms with van der Waals surface area (Å²) in [6.07, 6.45) is 2.12. The standard InChI is InChI=1S/C18H26N2O2/c1-5-20(6-2)18(21)15-11-14(12-19(3)13-15)16-9-7-8-10-17(16)22-4/h7-11,15H,5-6,12-13H2,1-4H3. The lowest BCUT2D eigenvalue weighted by Gasteiger charge is -2.32. The van der Waals surface area contributed by atoms with E-state index in [-0.39, 0.29) is 11.8 Å². The van der Waals surface area contributed by atoms with Crippen molar-refractivity contribution in [1.29, 1.82) is 0 Å². The van der Waals surface area contributed by atoms with E-state index < -0.39 is 0 Å². The van der Waals surface area contributed by atoms with Gasteiger partial charge >= 0.3 is 0 Å². The van der Waals surface area contributed by atoms with Gasteiger partial charge in [-0.1, -0.05) is 24.3 Å². The van der Waals surface area contributed by atoms with Crippen LogP contribution in [-0.4, -0.2) is 56.0 Å². The molecule has 0 aromatic heterocycles. The zero-order valence-corrected chi connectivity index (χ0v) is 14.0. The summed E-state index contributed by atoms with van der Waals surface area (Å²) in [5.74, 6) is 0.987. The van der Waals surface area contributed by atoms with E-state index in [0.29, 0.717) is 0 Å². The Hall–Kier alpha value is -1.81. The van der Waals surface area contributed by atoms with Crippen LogP contribution in [-0.2, 0) is 4.79 Å². The Morgan fingerprint density at radius 3 is 2.64 bits per heavy atom. The zero-order chi connectivity index (χ0) is 16.1. The van der Waals surface area contributed by atoms with Crippen LogP contribution in [0.4, 0.5) is 0 Å². The highest BCUT2D eigenvalue weighted by Crippen LogP contribution is 2.30. The van der Waals surface area contributed by atoms with Crippen LogP contribution in [0.3, 0.4) is 0 Å². The number of methoxy groups -OCH3 is 1. The minimum absolute atomic E-state index is 0.0847. The molecule has 1 aromatic rings. The number of para-hydroxylation sites is 1. The Bertz CT molecular complexity index is 550. The number of hydrogen-bond donors (Lipinski definition) is 0. The van der Waals surface area contributed by atoms with Crippen LogP contribution < -0.4 is 4.74 Å². The topological polar surface area (TPSA) is 32.8 Å². The largest absolute Gasteiger partial charge is 0.496 e. The molecule has 0 aliphatic carbocycles. The first-order valence-corrected chi connectivity index (χ1v) is 7.92. The van der Waals surface area contributed by atoms with Gasteiger partial charge < -0.3 is 14.5 Å². The number of rotatable bonds is 5. The average Bonchev–Trinajstić information content (AvgIpc) is 2.55. The number of likely N-dealkylation sites (N-methyl/N-ethyl adjacent to an activating group) is 1. The van der Waals surface area contributed by atoms with Crippen LogP contribution in [0.5, 0.6) is 5.75 Å². The van der Waals surface area contributed by atoms with E-state index in [1.54, 1.807) is 7.11 Å². The molecular formula is C18H26N2O2. The minimum atomic E-state index is -0.0847. The number of hydrogen-bond acceptors (Lipinski definition) is 3. The van der Waals surface area contributed by atoms with Crippen molar-refractivity contribution >= 4 is 11.5 Å². The second-order valence-corrected chi connectivity index (χ2v) is 5.71. The SMILES string of the molecule is CCN(CC)C(=O)C1C=C(c2ccccc2OC)CN(C)C1. The quantitative estimate of drug-likeness (QED) is 0.838. The molecule has 0 fully saturated rings. The van der Waals surface area contributed by atoms with Crippen molar-refractivity contribution in [3.63, 3.8) is 0 Å². The Balaban J connectivity index is 2.33. The summed E-state index contributed by atoms with van der Waals surface area (Å²) in [5, 5.41) is 0. The first-order chi connectivity index (χ1) is 10.6. The summed E-state index contributed by atoms with van der Waals surface area (Å²) < 4.78 is 5.46. The van der Waals surface area contributed by atoms with Crippen LogP contribution in [0.1, 0.15) is 19.4 Å². The smallest absolute Gasteiger partial charge is 0.230 e. The number of carbonyl (C=O) groups is 1. The van der Waals surface area contributed by atoms with E-state index in [4.69, 9.17) is 4.74 Å². The predicted octanol–water partition coefficient (Wildman–Crippen LogP) is 2.51. The van der Waals surface area contributed by atoms with Crippen molar-refractivity contribution in [2.75, 3.05) is 40.3 Å². The number of ether oxygens (including phenoxy) is 1. The van der Waals surface area contributed by atoms with Crippen LogP contribution in [0.25, 0.3) is 5.57 Å². The molecule has 22 heavy (non-hydrogen) atoms. The number of carbonyl (C=O) groups excluding carboxylic acids is 1. The van der Waals surface area contributed by atoms with Gasteiger partial charge in [0.1, 0.15) is 5.75 Å². The maximum absolute atomic E-state index is 12.7. The molecule has 0 bridgehead atoms. The van der Waals surface area contributed by atoms with Gasteiger partial charge in [0.15, 0.2) is 0 Å². The zero-order valence-electron chi connectivity index (χ0n) is 14.0. The predicted molar refractivity (Wildman–Crippen MR) is 89.9 cm³/mol. The molecule has 0 saturated carbocycles. The highest BCUT2D eigenvalue weighted by atomic mass is 16.5. The molecule has 1 heterocycles. The summed E-state index contributed by atoms with van der Waals surface area (Å²) in [5.41, 5.74) is 2.24. The fourth-order valence-electron chi connectivity index (χ4n) is 3.04. The van der Waals surface area contributed by atoms with Crippen LogP contribution in [0.15, 0.2) is 30.3 Å². The molecule has 1 aliphatic heterocycles. The average molecular weight is 302 g/mol. The van der Waals surface area contributed by atoms with Gasteiger partial charge in [-0.15, -0.1) is 0 Å². The Labute approximate surface area is 133 Å². The second-order valence-electron chi connectivity index (χ2n) is 5.71. The summed E-state index contributed by atoms with van der Waals surface area (Å²) >= 11 is 0. The molecule has 0 spiro atoms. The summed E-state index contributed by atoms with van der Waals surface area (Å²) in [7, 11) is 3.75. The van der Waals surface area contributed by atoms with Crippen molar-refractivity contribution in [2.45, 2.75) is 13.8 Å². The molecule has 0 saturated heterocycles. The van der Waals surface area contributed by atoms with E-state index in [0.717, 1.165) is 43.1 Å². The third kappa shape index (κ3) is 3.50. The molecule has 1 aliphatic rings. The van der Waals surface area contributed by atoms with E-state index in [2.05, 4.69) is 24.1 Å². The number of amides is 1. The molecule has 1 aromatic carbocycles. The van der Waals surface area contributed by atoms with Crippen molar-refractivity contribution in [1.82, 2.24) is 9.80 Å². The molecule has 4 nitrogen and oxygen atoms in total. The lowest BCUT2D eigenvalue weighted by Crippen LogP contribution is -2.42.